The Balaban J connectivity index is 1.41. The SMILES string of the molecule is Clc1ccc(-c2cn3c(Cc4nnc(NC5CC5)s4)csc3n2)cc1. The molecule has 0 bridgehead atoms. The van der Waals surface area contributed by atoms with Crippen molar-refractivity contribution in [2.75, 3.05) is 5.32 Å². The number of anilines is 1. The van der Waals surface area contributed by atoms with Crippen LogP contribution in [0, 0.1) is 0 Å². The van der Waals surface area contributed by atoms with Crippen LogP contribution in [-0.4, -0.2) is 25.6 Å². The van der Waals surface area contributed by atoms with Crippen LogP contribution in [-0.2, 0) is 6.42 Å². The lowest BCUT2D eigenvalue weighted by molar-refractivity contribution is 0.958. The van der Waals surface area contributed by atoms with Crippen LogP contribution in [0.25, 0.3) is 16.2 Å². The van der Waals surface area contributed by atoms with Gasteiger partial charge in [0.15, 0.2) is 4.96 Å². The molecular formula is C17H14ClN5S2. The molecule has 0 amide bonds. The van der Waals surface area contributed by atoms with Gasteiger partial charge < -0.3 is 5.32 Å². The fraction of sp³-hybridized carbons (Fsp3) is 0.235. The van der Waals surface area contributed by atoms with Gasteiger partial charge in [0.2, 0.25) is 5.13 Å². The van der Waals surface area contributed by atoms with E-state index in [4.69, 9.17) is 16.6 Å². The fourth-order valence-electron chi connectivity index (χ4n) is 2.66. The zero-order chi connectivity index (χ0) is 16.8. The summed E-state index contributed by atoms with van der Waals surface area (Å²) in [6.45, 7) is 0. The molecule has 0 saturated heterocycles. The molecule has 1 aliphatic carbocycles. The van der Waals surface area contributed by atoms with E-state index in [0.29, 0.717) is 6.04 Å². The molecule has 5 nitrogen and oxygen atoms in total. The quantitative estimate of drug-likeness (QED) is 0.537. The molecule has 0 atom stereocenters. The number of aromatic nitrogens is 4. The minimum absolute atomic E-state index is 0.601. The van der Waals surface area contributed by atoms with E-state index in [1.165, 1.54) is 18.5 Å². The van der Waals surface area contributed by atoms with Crippen molar-refractivity contribution in [3.63, 3.8) is 0 Å². The summed E-state index contributed by atoms with van der Waals surface area (Å²) in [4.78, 5) is 5.71. The van der Waals surface area contributed by atoms with Crippen molar-refractivity contribution >= 4 is 44.4 Å². The third-order valence-electron chi connectivity index (χ3n) is 4.13. The normalized spacial score (nSPS) is 14.3. The molecule has 5 rings (SSSR count). The van der Waals surface area contributed by atoms with E-state index in [9.17, 15) is 0 Å². The van der Waals surface area contributed by atoms with Gasteiger partial charge >= 0.3 is 0 Å². The average Bonchev–Trinajstić information content (AvgIpc) is 3.00. The lowest BCUT2D eigenvalue weighted by Gasteiger charge is -1.97. The standard InChI is InChI=1S/C17H14ClN5S2/c18-11-3-1-10(2-4-11)14-8-23-13(9-24-17(23)20-14)7-15-21-22-16(25-15)19-12-5-6-12/h1-4,8-9,12H,5-7H2,(H,19,22). The topological polar surface area (TPSA) is 55.1 Å². The van der Waals surface area contributed by atoms with Gasteiger partial charge in [-0.2, -0.15) is 0 Å². The second-order valence-corrected chi connectivity index (χ2v) is 8.44. The third kappa shape index (κ3) is 3.15. The Kier molecular flexibility index (Phi) is 3.73. The molecule has 0 aliphatic heterocycles. The molecule has 1 N–H and O–H groups in total. The first-order valence-electron chi connectivity index (χ1n) is 8.05. The van der Waals surface area contributed by atoms with Gasteiger partial charge in [-0.1, -0.05) is 35.1 Å². The van der Waals surface area contributed by atoms with Gasteiger partial charge in [0.05, 0.1) is 5.69 Å². The first kappa shape index (κ1) is 15.3. The minimum Gasteiger partial charge on any atom is -0.357 e. The van der Waals surface area contributed by atoms with Gasteiger partial charge in [-0.15, -0.1) is 21.5 Å². The predicted molar refractivity (Wildman–Crippen MR) is 103 cm³/mol. The maximum absolute atomic E-state index is 5.97. The summed E-state index contributed by atoms with van der Waals surface area (Å²) in [7, 11) is 0. The van der Waals surface area contributed by atoms with Gasteiger partial charge in [-0.3, -0.25) is 4.40 Å². The number of thiazole rings is 1. The lowest BCUT2D eigenvalue weighted by atomic mass is 10.2. The Bertz CT molecular complexity index is 1030. The number of rotatable bonds is 5. The van der Waals surface area contributed by atoms with Crippen molar-refractivity contribution in [3.8, 4) is 11.3 Å². The highest BCUT2D eigenvalue weighted by molar-refractivity contribution is 7.15. The molecule has 8 heteroatoms. The van der Waals surface area contributed by atoms with Crippen LogP contribution in [0.15, 0.2) is 35.8 Å². The number of halogens is 1. The Morgan fingerprint density at radius 2 is 2.04 bits per heavy atom. The highest BCUT2D eigenvalue weighted by Gasteiger charge is 2.22. The molecule has 4 aromatic rings. The number of imidazole rings is 1. The van der Waals surface area contributed by atoms with Crippen LogP contribution in [0.2, 0.25) is 5.02 Å². The van der Waals surface area contributed by atoms with Gasteiger partial charge in [0.25, 0.3) is 0 Å². The molecule has 0 radical (unpaired) electrons. The van der Waals surface area contributed by atoms with Crippen LogP contribution in [0.3, 0.4) is 0 Å². The first-order valence-corrected chi connectivity index (χ1v) is 10.1. The summed E-state index contributed by atoms with van der Waals surface area (Å²) in [6, 6.07) is 8.37. The molecule has 1 fully saturated rings. The fourth-order valence-corrected chi connectivity index (χ4v) is 4.49. The van der Waals surface area contributed by atoms with Gasteiger partial charge in [-0.05, 0) is 25.0 Å². The molecule has 1 aromatic carbocycles. The van der Waals surface area contributed by atoms with Crippen molar-refractivity contribution < 1.29 is 0 Å². The second-order valence-electron chi connectivity index (χ2n) is 6.11. The maximum atomic E-state index is 5.97. The summed E-state index contributed by atoms with van der Waals surface area (Å²) in [5.41, 5.74) is 3.21. The van der Waals surface area contributed by atoms with E-state index >= 15 is 0 Å². The number of hydrogen-bond donors (Lipinski definition) is 1. The van der Waals surface area contributed by atoms with E-state index in [1.54, 1.807) is 22.7 Å². The first-order chi connectivity index (χ1) is 12.2. The van der Waals surface area contributed by atoms with E-state index in [2.05, 4.69) is 31.5 Å². The number of hydrogen-bond acceptors (Lipinski definition) is 6. The molecule has 3 heterocycles. The van der Waals surface area contributed by atoms with Crippen LogP contribution in [0.1, 0.15) is 23.5 Å². The molecule has 0 unspecified atom stereocenters. The van der Waals surface area contributed by atoms with Crippen molar-refractivity contribution in [3.05, 3.63) is 51.6 Å². The van der Waals surface area contributed by atoms with Crippen LogP contribution in [0.5, 0.6) is 0 Å². The van der Waals surface area contributed by atoms with Crippen molar-refractivity contribution in [2.45, 2.75) is 25.3 Å². The average molecular weight is 388 g/mol. The summed E-state index contributed by atoms with van der Waals surface area (Å²) in [5, 5.41) is 16.8. The Morgan fingerprint density at radius 1 is 1.20 bits per heavy atom. The summed E-state index contributed by atoms with van der Waals surface area (Å²) < 4.78 is 2.14. The van der Waals surface area contributed by atoms with Gasteiger partial charge in [0, 0.05) is 40.3 Å². The smallest absolute Gasteiger partial charge is 0.205 e. The van der Waals surface area contributed by atoms with E-state index in [1.807, 2.05) is 24.3 Å². The zero-order valence-electron chi connectivity index (χ0n) is 13.1. The van der Waals surface area contributed by atoms with Crippen molar-refractivity contribution in [1.82, 2.24) is 19.6 Å². The molecular weight excluding hydrogens is 374 g/mol. The Hall–Kier alpha value is -1.96. The number of nitrogens with one attached hydrogen (secondary N) is 1. The van der Waals surface area contributed by atoms with Gasteiger partial charge in [-0.25, -0.2) is 4.98 Å². The number of nitrogens with zero attached hydrogens (tertiary/aromatic N) is 4. The number of benzene rings is 1. The summed E-state index contributed by atoms with van der Waals surface area (Å²) in [5.74, 6) is 0. The zero-order valence-corrected chi connectivity index (χ0v) is 15.5. The number of fused-ring (bicyclic) bond motifs is 1. The lowest BCUT2D eigenvalue weighted by Crippen LogP contribution is -1.99. The van der Waals surface area contributed by atoms with Gasteiger partial charge in [0.1, 0.15) is 5.01 Å². The maximum Gasteiger partial charge on any atom is 0.205 e. The minimum atomic E-state index is 0.601. The van der Waals surface area contributed by atoms with Crippen LogP contribution >= 0.6 is 34.3 Å². The monoisotopic (exact) mass is 387 g/mol. The Labute approximate surface area is 157 Å². The van der Waals surface area contributed by atoms with E-state index in [-0.39, 0.29) is 0 Å². The van der Waals surface area contributed by atoms with Crippen molar-refractivity contribution in [1.29, 1.82) is 0 Å². The second kappa shape index (κ2) is 6.09. The molecule has 0 spiro atoms. The molecule has 3 aromatic heterocycles. The van der Waals surface area contributed by atoms with E-state index < -0.39 is 0 Å². The largest absolute Gasteiger partial charge is 0.357 e. The third-order valence-corrected chi connectivity index (χ3v) is 6.12. The van der Waals surface area contributed by atoms with E-state index in [0.717, 1.165) is 37.8 Å². The highest BCUT2D eigenvalue weighted by atomic mass is 35.5. The molecule has 1 saturated carbocycles. The highest BCUT2D eigenvalue weighted by Crippen LogP contribution is 2.29. The summed E-state index contributed by atoms with van der Waals surface area (Å²) in [6.07, 6.45) is 5.32. The molecule has 1 aliphatic rings. The van der Waals surface area contributed by atoms with Crippen LogP contribution < -0.4 is 5.32 Å². The Morgan fingerprint density at radius 3 is 2.84 bits per heavy atom. The predicted octanol–water partition coefficient (Wildman–Crippen LogP) is 4.73. The summed E-state index contributed by atoms with van der Waals surface area (Å²) >= 11 is 9.25. The van der Waals surface area contributed by atoms with Crippen molar-refractivity contribution in [2.24, 2.45) is 0 Å². The molecule has 126 valence electrons. The molecule has 25 heavy (non-hydrogen) atoms. The van der Waals surface area contributed by atoms with Crippen LogP contribution in [0.4, 0.5) is 5.13 Å².